The first-order chi connectivity index (χ1) is 15.0. The van der Waals surface area contributed by atoms with Crippen molar-refractivity contribution in [3.63, 3.8) is 0 Å². The van der Waals surface area contributed by atoms with Gasteiger partial charge in [-0.05, 0) is 34.9 Å². The second-order valence-corrected chi connectivity index (χ2v) is 7.85. The van der Waals surface area contributed by atoms with Gasteiger partial charge in [0.25, 0.3) is 11.7 Å². The number of rotatable bonds is 6. The first kappa shape index (κ1) is 21.1. The third-order valence-electron chi connectivity index (χ3n) is 5.50. The highest BCUT2D eigenvalue weighted by molar-refractivity contribution is 6.46. The Morgan fingerprint density at radius 1 is 1.06 bits per heavy atom. The zero-order chi connectivity index (χ0) is 22.0. The lowest BCUT2D eigenvalue weighted by molar-refractivity contribution is -0.140. The fraction of sp³-hybridized carbons (Fsp3) is 0.200. The van der Waals surface area contributed by atoms with E-state index in [0.717, 1.165) is 16.3 Å². The number of aliphatic hydroxyl groups excluding tert-OH is 1. The highest BCUT2D eigenvalue weighted by Gasteiger charge is 2.46. The Morgan fingerprint density at radius 3 is 2.58 bits per heavy atom. The molecule has 1 unspecified atom stereocenters. The Balaban J connectivity index is 1.93. The second-order valence-electron chi connectivity index (χ2n) is 7.42. The molecule has 0 aromatic heterocycles. The number of ketones is 1. The van der Waals surface area contributed by atoms with Crippen LogP contribution >= 0.6 is 11.6 Å². The van der Waals surface area contributed by atoms with Crippen LogP contribution in [0, 0.1) is 0 Å². The minimum atomic E-state index is -0.707. The van der Waals surface area contributed by atoms with Crippen LogP contribution < -0.4 is 0 Å². The van der Waals surface area contributed by atoms with Gasteiger partial charge in [-0.1, -0.05) is 66.2 Å². The molecule has 1 atom stereocenters. The number of hydrogen-bond acceptors (Lipinski definition) is 4. The monoisotopic (exact) mass is 435 g/mol. The molecule has 3 aromatic carbocycles. The maximum absolute atomic E-state index is 13.1. The Labute approximate surface area is 185 Å². The highest BCUT2D eigenvalue weighted by Crippen LogP contribution is 2.42. The maximum atomic E-state index is 13.1. The van der Waals surface area contributed by atoms with Gasteiger partial charge in [-0.2, -0.15) is 0 Å². The fourth-order valence-corrected chi connectivity index (χ4v) is 4.28. The average Bonchev–Trinajstić information content (AvgIpc) is 3.03. The van der Waals surface area contributed by atoms with Crippen LogP contribution in [0.3, 0.4) is 0 Å². The molecule has 1 fully saturated rings. The van der Waals surface area contributed by atoms with E-state index >= 15 is 0 Å². The molecular formula is C25H22ClNO4. The molecule has 1 aliphatic rings. The smallest absolute Gasteiger partial charge is 0.295 e. The molecule has 1 N–H and O–H groups in total. The number of carbonyl (C=O) groups is 2. The first-order valence-corrected chi connectivity index (χ1v) is 10.4. The molecule has 31 heavy (non-hydrogen) atoms. The number of hydrogen-bond donors (Lipinski definition) is 1. The molecule has 0 saturated carbocycles. The summed E-state index contributed by atoms with van der Waals surface area (Å²) >= 11 is 6.10. The van der Waals surface area contributed by atoms with Gasteiger partial charge < -0.3 is 14.7 Å². The molecule has 1 heterocycles. The van der Waals surface area contributed by atoms with Crippen molar-refractivity contribution in [3.8, 4) is 0 Å². The second kappa shape index (κ2) is 8.92. The van der Waals surface area contributed by atoms with Crippen LogP contribution in [0.25, 0.3) is 16.5 Å². The Hall–Kier alpha value is -3.15. The lowest BCUT2D eigenvalue weighted by Crippen LogP contribution is -2.31. The predicted molar refractivity (Wildman–Crippen MR) is 121 cm³/mol. The van der Waals surface area contributed by atoms with Crippen LogP contribution in [0.4, 0.5) is 0 Å². The van der Waals surface area contributed by atoms with Gasteiger partial charge in [-0.3, -0.25) is 9.59 Å². The van der Waals surface area contributed by atoms with Gasteiger partial charge in [-0.15, -0.1) is 0 Å². The Morgan fingerprint density at radius 2 is 1.81 bits per heavy atom. The molecule has 0 bridgehead atoms. The van der Waals surface area contributed by atoms with Crippen molar-refractivity contribution < 1.29 is 19.4 Å². The minimum Gasteiger partial charge on any atom is -0.507 e. The number of methoxy groups -OCH3 is 1. The molecule has 0 radical (unpaired) electrons. The number of nitrogens with zero attached hydrogens (tertiary/aromatic N) is 1. The Kier molecular flexibility index (Phi) is 6.07. The van der Waals surface area contributed by atoms with Crippen LogP contribution in [0.2, 0.25) is 5.02 Å². The fourth-order valence-electron chi connectivity index (χ4n) is 4.09. The third-order valence-corrected chi connectivity index (χ3v) is 5.74. The molecule has 0 spiro atoms. The summed E-state index contributed by atoms with van der Waals surface area (Å²) in [6, 6.07) is 19.5. The van der Waals surface area contributed by atoms with Gasteiger partial charge in [0.2, 0.25) is 0 Å². The van der Waals surface area contributed by atoms with Crippen molar-refractivity contribution in [2.45, 2.75) is 12.5 Å². The number of ether oxygens (including phenoxy) is 1. The van der Waals surface area contributed by atoms with E-state index in [-0.39, 0.29) is 11.3 Å². The van der Waals surface area contributed by atoms with Crippen LogP contribution in [0.1, 0.15) is 23.6 Å². The highest BCUT2D eigenvalue weighted by atomic mass is 35.5. The number of amides is 1. The summed E-state index contributed by atoms with van der Waals surface area (Å²) in [7, 11) is 1.59. The molecule has 5 nitrogen and oxygen atoms in total. The van der Waals surface area contributed by atoms with E-state index in [1.54, 1.807) is 31.4 Å². The van der Waals surface area contributed by atoms with E-state index in [2.05, 4.69) is 0 Å². The number of halogens is 1. The average molecular weight is 436 g/mol. The largest absolute Gasteiger partial charge is 0.507 e. The van der Waals surface area contributed by atoms with E-state index in [0.29, 0.717) is 30.2 Å². The Bertz CT molecular complexity index is 1180. The minimum absolute atomic E-state index is 0.0704. The van der Waals surface area contributed by atoms with Crippen LogP contribution in [0.15, 0.2) is 72.3 Å². The van der Waals surface area contributed by atoms with Gasteiger partial charge in [0.1, 0.15) is 5.76 Å². The summed E-state index contributed by atoms with van der Waals surface area (Å²) in [5, 5.41) is 13.5. The van der Waals surface area contributed by atoms with Crippen molar-refractivity contribution in [2.75, 3.05) is 20.3 Å². The van der Waals surface area contributed by atoms with Gasteiger partial charge in [0.05, 0.1) is 11.6 Å². The normalized spacial score (nSPS) is 18.1. The van der Waals surface area contributed by atoms with E-state index in [9.17, 15) is 14.7 Å². The van der Waals surface area contributed by atoms with E-state index in [1.165, 1.54) is 4.90 Å². The number of benzene rings is 3. The lowest BCUT2D eigenvalue weighted by atomic mass is 9.91. The molecule has 1 aliphatic heterocycles. The number of Topliss-reactive ketones (excluding diaryl/α,β-unsaturated/α-hetero) is 1. The quantitative estimate of drug-likeness (QED) is 0.257. The summed E-state index contributed by atoms with van der Waals surface area (Å²) in [5.74, 6) is -1.56. The number of aliphatic hydroxyl groups is 1. The third kappa shape index (κ3) is 3.94. The van der Waals surface area contributed by atoms with Crippen LogP contribution in [-0.2, 0) is 14.3 Å². The lowest BCUT2D eigenvalue weighted by Gasteiger charge is -2.26. The van der Waals surface area contributed by atoms with Gasteiger partial charge >= 0.3 is 0 Å². The van der Waals surface area contributed by atoms with Crippen LogP contribution in [-0.4, -0.2) is 42.0 Å². The van der Waals surface area contributed by atoms with Crippen molar-refractivity contribution in [2.24, 2.45) is 0 Å². The van der Waals surface area contributed by atoms with Gasteiger partial charge in [-0.25, -0.2) is 0 Å². The summed E-state index contributed by atoms with van der Waals surface area (Å²) in [6.07, 6.45) is 0.571. The molecular weight excluding hydrogens is 414 g/mol. The van der Waals surface area contributed by atoms with Gasteiger partial charge in [0, 0.05) is 30.8 Å². The predicted octanol–water partition coefficient (Wildman–Crippen LogP) is 4.95. The first-order valence-electron chi connectivity index (χ1n) is 10.0. The van der Waals surface area contributed by atoms with Crippen molar-refractivity contribution >= 4 is 39.8 Å². The zero-order valence-electron chi connectivity index (χ0n) is 17.0. The summed E-state index contributed by atoms with van der Waals surface area (Å²) in [5.41, 5.74) is 1.26. The molecule has 4 rings (SSSR count). The van der Waals surface area contributed by atoms with E-state index in [1.807, 2.05) is 42.5 Å². The molecule has 3 aromatic rings. The summed E-state index contributed by atoms with van der Waals surface area (Å²) < 4.78 is 5.13. The maximum Gasteiger partial charge on any atom is 0.295 e. The van der Waals surface area contributed by atoms with E-state index in [4.69, 9.17) is 16.3 Å². The zero-order valence-corrected chi connectivity index (χ0v) is 17.8. The van der Waals surface area contributed by atoms with Crippen molar-refractivity contribution in [1.29, 1.82) is 0 Å². The number of fused-ring (bicyclic) bond motifs is 1. The van der Waals surface area contributed by atoms with E-state index < -0.39 is 17.7 Å². The summed E-state index contributed by atoms with van der Waals surface area (Å²) in [4.78, 5) is 27.6. The standard InChI is InChI=1S/C25H22ClNO4/c1-31-14-6-13-27-22(20-12-5-8-16-7-2-3-11-19(16)20)21(24(29)25(27)30)23(28)17-9-4-10-18(26)15-17/h2-5,7-12,15,22,28H,6,13-14H2,1H3/b23-21-. The SMILES string of the molecule is COCCCN1C(=O)C(=O)/C(=C(\O)c2cccc(Cl)c2)C1c1cccc2ccccc12. The van der Waals surface area contributed by atoms with Gasteiger partial charge in [0.15, 0.2) is 0 Å². The topological polar surface area (TPSA) is 66.8 Å². The molecule has 158 valence electrons. The van der Waals surface area contributed by atoms with Crippen LogP contribution in [0.5, 0.6) is 0 Å². The number of likely N-dealkylation sites (tertiary alicyclic amines) is 1. The molecule has 0 aliphatic carbocycles. The molecule has 1 saturated heterocycles. The van der Waals surface area contributed by atoms with Crippen molar-refractivity contribution in [1.82, 2.24) is 4.90 Å². The molecule has 6 heteroatoms. The summed E-state index contributed by atoms with van der Waals surface area (Å²) in [6.45, 7) is 0.790. The van der Waals surface area contributed by atoms with Crippen molar-refractivity contribution in [3.05, 3.63) is 88.5 Å². The molecule has 1 amide bonds. The number of carbonyl (C=O) groups excluding carboxylic acids is 2.